The molecule has 0 aromatic heterocycles. The van der Waals surface area contributed by atoms with E-state index in [9.17, 15) is 19.5 Å². The molecule has 106 valence electrons. The number of hydrogen-bond donors (Lipinski definition) is 3. The first kappa shape index (κ1) is 14.0. The van der Waals surface area contributed by atoms with Crippen LogP contribution in [0.15, 0.2) is 30.3 Å². The van der Waals surface area contributed by atoms with Crippen molar-refractivity contribution in [2.45, 2.75) is 6.04 Å². The van der Waals surface area contributed by atoms with E-state index < -0.39 is 23.9 Å². The Labute approximate surface area is 115 Å². The number of rotatable bonds is 5. The third kappa shape index (κ3) is 3.12. The first-order valence-corrected chi connectivity index (χ1v) is 6.15. The highest BCUT2D eigenvalue weighted by Gasteiger charge is 2.30. The maximum atomic E-state index is 11.8. The van der Waals surface area contributed by atoms with Crippen LogP contribution in [0, 0.1) is 0 Å². The zero-order valence-corrected chi connectivity index (χ0v) is 10.7. The van der Waals surface area contributed by atoms with Crippen LogP contribution in [0.1, 0.15) is 11.6 Å². The van der Waals surface area contributed by atoms with E-state index in [1.807, 2.05) is 6.07 Å². The van der Waals surface area contributed by atoms with E-state index in [1.165, 1.54) is 0 Å². The Morgan fingerprint density at radius 2 is 2.05 bits per heavy atom. The van der Waals surface area contributed by atoms with Gasteiger partial charge in [-0.05, 0) is 5.56 Å². The van der Waals surface area contributed by atoms with E-state index >= 15 is 0 Å². The molecule has 0 unspecified atom stereocenters. The number of imide groups is 1. The zero-order chi connectivity index (χ0) is 14.5. The number of carbonyl (C=O) groups excluding carboxylic acids is 3. The second-order valence-electron chi connectivity index (χ2n) is 4.35. The number of urea groups is 1. The molecule has 1 atom stereocenters. The van der Waals surface area contributed by atoms with Crippen LogP contribution in [0.25, 0.3) is 0 Å². The lowest BCUT2D eigenvalue weighted by Gasteiger charge is -2.18. The minimum Gasteiger partial charge on any atom is -0.394 e. The number of hydrogen-bond acceptors (Lipinski definition) is 4. The zero-order valence-electron chi connectivity index (χ0n) is 10.7. The van der Waals surface area contributed by atoms with Gasteiger partial charge < -0.3 is 15.7 Å². The second-order valence-corrected chi connectivity index (χ2v) is 4.35. The van der Waals surface area contributed by atoms with Crippen LogP contribution < -0.4 is 10.6 Å². The van der Waals surface area contributed by atoms with E-state index in [0.29, 0.717) is 0 Å². The quantitative estimate of drug-likeness (QED) is 0.625. The van der Waals surface area contributed by atoms with Crippen LogP contribution in [0.4, 0.5) is 4.79 Å². The fourth-order valence-electron chi connectivity index (χ4n) is 1.92. The number of aliphatic hydroxyl groups excluding tert-OH is 1. The summed E-state index contributed by atoms with van der Waals surface area (Å²) in [5.41, 5.74) is 0.751. The molecule has 1 saturated heterocycles. The summed E-state index contributed by atoms with van der Waals surface area (Å²) in [5, 5.41) is 14.2. The first-order chi connectivity index (χ1) is 9.61. The highest BCUT2D eigenvalue weighted by atomic mass is 16.3. The number of nitrogens with one attached hydrogen (secondary N) is 2. The van der Waals surface area contributed by atoms with Crippen molar-refractivity contribution >= 4 is 17.8 Å². The Balaban J connectivity index is 1.96. The molecule has 0 radical (unpaired) electrons. The van der Waals surface area contributed by atoms with Gasteiger partial charge in [-0.15, -0.1) is 0 Å². The summed E-state index contributed by atoms with van der Waals surface area (Å²) in [5.74, 6) is -0.941. The van der Waals surface area contributed by atoms with Crippen molar-refractivity contribution in [1.29, 1.82) is 0 Å². The molecule has 2 rings (SSSR count). The first-order valence-electron chi connectivity index (χ1n) is 6.15. The standard InChI is InChI=1S/C13H15N3O4/c17-8-10(9-4-2-1-3-5-9)15-11(18)7-16-12(19)6-14-13(16)20/h1-5,10,17H,6-8H2,(H,14,20)(H,15,18)/t10-/m1/s1. The van der Waals surface area contributed by atoms with Gasteiger partial charge in [0.25, 0.3) is 5.91 Å². The Morgan fingerprint density at radius 3 is 2.60 bits per heavy atom. The van der Waals surface area contributed by atoms with E-state index in [-0.39, 0.29) is 19.7 Å². The topological polar surface area (TPSA) is 98.7 Å². The maximum absolute atomic E-state index is 11.8. The fourth-order valence-corrected chi connectivity index (χ4v) is 1.92. The van der Waals surface area contributed by atoms with Crippen LogP contribution >= 0.6 is 0 Å². The van der Waals surface area contributed by atoms with Gasteiger partial charge in [0.1, 0.15) is 6.54 Å². The summed E-state index contributed by atoms with van der Waals surface area (Å²) >= 11 is 0. The number of aliphatic hydroxyl groups is 1. The third-order valence-corrected chi connectivity index (χ3v) is 2.96. The smallest absolute Gasteiger partial charge is 0.325 e. The maximum Gasteiger partial charge on any atom is 0.325 e. The van der Waals surface area contributed by atoms with Crippen molar-refractivity contribution in [3.8, 4) is 0 Å². The minimum absolute atomic E-state index is 0.0891. The second kappa shape index (κ2) is 6.16. The molecule has 3 N–H and O–H groups in total. The average Bonchev–Trinajstić information content (AvgIpc) is 2.77. The van der Waals surface area contributed by atoms with Crippen molar-refractivity contribution in [3.05, 3.63) is 35.9 Å². The number of nitrogens with zero attached hydrogens (tertiary/aromatic N) is 1. The largest absolute Gasteiger partial charge is 0.394 e. The minimum atomic E-state index is -0.578. The molecule has 4 amide bonds. The predicted octanol–water partition coefficient (Wildman–Crippen LogP) is -0.612. The van der Waals surface area contributed by atoms with Gasteiger partial charge in [-0.25, -0.2) is 4.79 Å². The monoisotopic (exact) mass is 277 g/mol. The van der Waals surface area contributed by atoms with Gasteiger partial charge in [0.15, 0.2) is 0 Å². The molecular weight excluding hydrogens is 262 g/mol. The average molecular weight is 277 g/mol. The summed E-state index contributed by atoms with van der Waals surface area (Å²) < 4.78 is 0. The molecule has 1 heterocycles. The summed E-state index contributed by atoms with van der Waals surface area (Å²) in [6.45, 7) is -0.710. The van der Waals surface area contributed by atoms with Crippen LogP contribution in [-0.4, -0.2) is 47.5 Å². The van der Waals surface area contributed by atoms with Crippen molar-refractivity contribution < 1.29 is 19.5 Å². The predicted molar refractivity (Wildman–Crippen MR) is 69.5 cm³/mol. The molecule has 1 aliphatic rings. The lowest BCUT2D eigenvalue weighted by Crippen LogP contribution is -2.42. The van der Waals surface area contributed by atoms with Gasteiger partial charge in [-0.2, -0.15) is 0 Å². The Bertz CT molecular complexity index is 502. The molecule has 0 saturated carbocycles. The van der Waals surface area contributed by atoms with E-state index in [0.717, 1.165) is 10.5 Å². The molecule has 0 spiro atoms. The Kier molecular flexibility index (Phi) is 4.31. The van der Waals surface area contributed by atoms with E-state index in [2.05, 4.69) is 10.6 Å². The Morgan fingerprint density at radius 1 is 1.35 bits per heavy atom. The molecule has 20 heavy (non-hydrogen) atoms. The number of benzene rings is 1. The summed E-state index contributed by atoms with van der Waals surface area (Å²) in [6, 6.07) is 7.81. The summed E-state index contributed by atoms with van der Waals surface area (Å²) in [4.78, 5) is 35.3. The highest BCUT2D eigenvalue weighted by molar-refractivity contribution is 6.04. The molecule has 7 nitrogen and oxygen atoms in total. The molecule has 0 aliphatic carbocycles. The number of amides is 4. The Hall–Kier alpha value is -2.41. The van der Waals surface area contributed by atoms with Crippen molar-refractivity contribution in [2.75, 3.05) is 19.7 Å². The molecular formula is C13H15N3O4. The van der Waals surface area contributed by atoms with Gasteiger partial charge in [0.2, 0.25) is 5.91 Å². The molecule has 1 aromatic rings. The number of carbonyl (C=O) groups is 3. The molecule has 7 heteroatoms. The summed E-state index contributed by atoms with van der Waals surface area (Å²) in [7, 11) is 0. The van der Waals surface area contributed by atoms with Crippen LogP contribution in [0.3, 0.4) is 0 Å². The van der Waals surface area contributed by atoms with Crippen molar-refractivity contribution in [1.82, 2.24) is 15.5 Å². The lowest BCUT2D eigenvalue weighted by molar-refractivity contribution is -0.131. The van der Waals surface area contributed by atoms with Crippen molar-refractivity contribution in [2.24, 2.45) is 0 Å². The fraction of sp³-hybridized carbons (Fsp3) is 0.308. The van der Waals surface area contributed by atoms with Gasteiger partial charge in [0.05, 0.1) is 19.2 Å². The van der Waals surface area contributed by atoms with E-state index in [4.69, 9.17) is 0 Å². The molecule has 1 aromatic carbocycles. The van der Waals surface area contributed by atoms with E-state index in [1.54, 1.807) is 24.3 Å². The highest BCUT2D eigenvalue weighted by Crippen LogP contribution is 2.11. The van der Waals surface area contributed by atoms with Crippen LogP contribution in [-0.2, 0) is 9.59 Å². The summed E-state index contributed by atoms with van der Waals surface area (Å²) in [6.07, 6.45) is 0. The third-order valence-electron chi connectivity index (χ3n) is 2.96. The molecule has 1 fully saturated rings. The van der Waals surface area contributed by atoms with Crippen LogP contribution in [0.2, 0.25) is 0 Å². The van der Waals surface area contributed by atoms with Gasteiger partial charge in [-0.1, -0.05) is 30.3 Å². The SMILES string of the molecule is O=C(CN1C(=O)CNC1=O)N[C@H](CO)c1ccccc1. The normalized spacial score (nSPS) is 15.9. The van der Waals surface area contributed by atoms with Crippen LogP contribution in [0.5, 0.6) is 0 Å². The lowest BCUT2D eigenvalue weighted by atomic mass is 10.1. The molecule has 0 bridgehead atoms. The van der Waals surface area contributed by atoms with Crippen molar-refractivity contribution in [3.63, 3.8) is 0 Å². The van der Waals surface area contributed by atoms with Gasteiger partial charge in [0, 0.05) is 0 Å². The van der Waals surface area contributed by atoms with Gasteiger partial charge >= 0.3 is 6.03 Å². The van der Waals surface area contributed by atoms with Gasteiger partial charge in [-0.3, -0.25) is 14.5 Å². The molecule has 1 aliphatic heterocycles.